The number of nitrogens with zero attached hydrogens (tertiary/aromatic N) is 2. The molecule has 3 rings (SSSR count). The third kappa shape index (κ3) is 1.87. The SMILES string of the molecule is Fc1ccc(-c2ncc3ccccc3n2)cc1. The number of halogens is 1. The number of hydrogen-bond acceptors (Lipinski definition) is 2. The van der Waals surface area contributed by atoms with Gasteiger partial charge in [0.1, 0.15) is 5.82 Å². The molecule has 0 N–H and O–H groups in total. The van der Waals surface area contributed by atoms with E-state index in [9.17, 15) is 4.39 Å². The van der Waals surface area contributed by atoms with Crippen molar-refractivity contribution in [1.29, 1.82) is 0 Å². The first-order valence-corrected chi connectivity index (χ1v) is 5.31. The van der Waals surface area contributed by atoms with E-state index in [4.69, 9.17) is 0 Å². The van der Waals surface area contributed by atoms with Gasteiger partial charge in [-0.1, -0.05) is 18.2 Å². The van der Waals surface area contributed by atoms with Gasteiger partial charge in [0.15, 0.2) is 5.82 Å². The Labute approximate surface area is 97.8 Å². The van der Waals surface area contributed by atoms with Crippen LogP contribution in [0, 0.1) is 5.82 Å². The molecule has 0 bridgehead atoms. The zero-order valence-corrected chi connectivity index (χ0v) is 8.97. The maximum absolute atomic E-state index is 12.8. The van der Waals surface area contributed by atoms with Gasteiger partial charge in [-0.05, 0) is 30.3 Å². The zero-order chi connectivity index (χ0) is 11.7. The van der Waals surface area contributed by atoms with Crippen molar-refractivity contribution in [1.82, 2.24) is 9.97 Å². The summed E-state index contributed by atoms with van der Waals surface area (Å²) in [5, 5.41) is 0.998. The molecule has 0 aliphatic rings. The lowest BCUT2D eigenvalue weighted by atomic mass is 10.2. The highest BCUT2D eigenvalue weighted by Gasteiger charge is 2.02. The van der Waals surface area contributed by atoms with Gasteiger partial charge in [0.05, 0.1) is 5.52 Å². The van der Waals surface area contributed by atoms with Crippen molar-refractivity contribution >= 4 is 10.9 Å². The van der Waals surface area contributed by atoms with Crippen LogP contribution in [0.1, 0.15) is 0 Å². The van der Waals surface area contributed by atoms with Crippen molar-refractivity contribution in [3.63, 3.8) is 0 Å². The second-order valence-electron chi connectivity index (χ2n) is 3.76. The summed E-state index contributed by atoms with van der Waals surface area (Å²) in [6.07, 6.45) is 1.78. The van der Waals surface area contributed by atoms with Gasteiger partial charge in [0.25, 0.3) is 0 Å². The molecule has 0 saturated carbocycles. The largest absolute Gasteiger partial charge is 0.236 e. The molecule has 0 aliphatic carbocycles. The fraction of sp³-hybridized carbons (Fsp3) is 0. The van der Waals surface area contributed by atoms with Crippen molar-refractivity contribution in [3.8, 4) is 11.4 Å². The molecule has 17 heavy (non-hydrogen) atoms. The van der Waals surface area contributed by atoms with Crippen LogP contribution in [0.5, 0.6) is 0 Å². The van der Waals surface area contributed by atoms with Crippen LogP contribution in [0.25, 0.3) is 22.3 Å². The Bertz CT molecular complexity index is 662. The van der Waals surface area contributed by atoms with E-state index in [1.54, 1.807) is 18.3 Å². The summed E-state index contributed by atoms with van der Waals surface area (Å²) in [5.41, 5.74) is 1.71. The quantitative estimate of drug-likeness (QED) is 0.632. The number of hydrogen-bond donors (Lipinski definition) is 0. The zero-order valence-electron chi connectivity index (χ0n) is 8.97. The molecule has 1 heterocycles. The van der Waals surface area contributed by atoms with E-state index in [1.807, 2.05) is 24.3 Å². The number of rotatable bonds is 1. The van der Waals surface area contributed by atoms with Gasteiger partial charge >= 0.3 is 0 Å². The second kappa shape index (κ2) is 3.94. The minimum Gasteiger partial charge on any atom is -0.236 e. The monoisotopic (exact) mass is 224 g/mol. The maximum Gasteiger partial charge on any atom is 0.159 e. The number of benzene rings is 2. The summed E-state index contributed by atoms with van der Waals surface area (Å²) >= 11 is 0. The summed E-state index contributed by atoms with van der Waals surface area (Å²) in [4.78, 5) is 8.71. The lowest BCUT2D eigenvalue weighted by Crippen LogP contribution is -1.89. The highest BCUT2D eigenvalue weighted by Crippen LogP contribution is 2.18. The van der Waals surface area contributed by atoms with Gasteiger partial charge in [-0.15, -0.1) is 0 Å². The summed E-state index contributed by atoms with van der Waals surface area (Å²) in [7, 11) is 0. The summed E-state index contributed by atoms with van der Waals surface area (Å²) in [5.74, 6) is 0.359. The van der Waals surface area contributed by atoms with E-state index < -0.39 is 0 Å². The Morgan fingerprint density at radius 3 is 2.47 bits per heavy atom. The van der Waals surface area contributed by atoms with Crippen LogP contribution < -0.4 is 0 Å². The molecule has 0 fully saturated rings. The molecule has 3 aromatic rings. The predicted molar refractivity (Wildman–Crippen MR) is 64.9 cm³/mol. The Morgan fingerprint density at radius 2 is 1.65 bits per heavy atom. The first-order valence-electron chi connectivity index (χ1n) is 5.31. The van der Waals surface area contributed by atoms with Gasteiger partial charge in [-0.3, -0.25) is 0 Å². The highest BCUT2D eigenvalue weighted by atomic mass is 19.1. The molecule has 0 radical (unpaired) electrons. The number of aromatic nitrogens is 2. The second-order valence-corrected chi connectivity index (χ2v) is 3.76. The summed E-state index contributed by atoms with van der Waals surface area (Å²) in [6.45, 7) is 0. The van der Waals surface area contributed by atoms with Crippen LogP contribution in [0.4, 0.5) is 4.39 Å². The topological polar surface area (TPSA) is 25.8 Å². The third-order valence-corrected chi connectivity index (χ3v) is 2.59. The number of fused-ring (bicyclic) bond motifs is 1. The number of para-hydroxylation sites is 1. The molecule has 82 valence electrons. The Hall–Kier alpha value is -2.29. The molecular weight excluding hydrogens is 215 g/mol. The van der Waals surface area contributed by atoms with E-state index in [0.717, 1.165) is 16.5 Å². The molecule has 0 spiro atoms. The summed E-state index contributed by atoms with van der Waals surface area (Å²) < 4.78 is 12.8. The third-order valence-electron chi connectivity index (χ3n) is 2.59. The Balaban J connectivity index is 2.14. The Kier molecular flexibility index (Phi) is 2.29. The fourth-order valence-corrected chi connectivity index (χ4v) is 1.71. The Morgan fingerprint density at radius 1 is 0.882 bits per heavy atom. The smallest absolute Gasteiger partial charge is 0.159 e. The first kappa shape index (κ1) is 9.90. The molecular formula is C14H9FN2. The van der Waals surface area contributed by atoms with E-state index in [1.165, 1.54) is 12.1 Å². The van der Waals surface area contributed by atoms with Gasteiger partial charge in [-0.2, -0.15) is 0 Å². The molecule has 0 aliphatic heterocycles. The van der Waals surface area contributed by atoms with Crippen molar-refractivity contribution in [2.75, 3.05) is 0 Å². The molecule has 3 heteroatoms. The van der Waals surface area contributed by atoms with Gasteiger partial charge in [-0.25, -0.2) is 14.4 Å². The van der Waals surface area contributed by atoms with Crippen LogP contribution in [0.2, 0.25) is 0 Å². The standard InChI is InChI=1S/C14H9FN2/c15-12-7-5-10(6-8-12)14-16-9-11-3-1-2-4-13(11)17-14/h1-9H. The lowest BCUT2D eigenvalue weighted by molar-refractivity contribution is 0.628. The average molecular weight is 224 g/mol. The molecule has 0 unspecified atom stereocenters. The van der Waals surface area contributed by atoms with Gasteiger partial charge in [0, 0.05) is 17.1 Å². The fourth-order valence-electron chi connectivity index (χ4n) is 1.71. The van der Waals surface area contributed by atoms with E-state index in [2.05, 4.69) is 9.97 Å². The molecule has 1 aromatic heterocycles. The van der Waals surface area contributed by atoms with Gasteiger partial charge in [0.2, 0.25) is 0 Å². The molecule has 0 saturated heterocycles. The van der Waals surface area contributed by atoms with E-state index in [0.29, 0.717) is 5.82 Å². The minimum absolute atomic E-state index is 0.255. The maximum atomic E-state index is 12.8. The lowest BCUT2D eigenvalue weighted by Gasteiger charge is -2.01. The summed E-state index contributed by atoms with van der Waals surface area (Å²) in [6, 6.07) is 14.0. The first-order chi connectivity index (χ1) is 8.33. The van der Waals surface area contributed by atoms with Crippen LogP contribution in [0.15, 0.2) is 54.7 Å². The minimum atomic E-state index is -0.255. The molecule has 2 aromatic carbocycles. The van der Waals surface area contributed by atoms with Crippen LogP contribution in [0.3, 0.4) is 0 Å². The van der Waals surface area contributed by atoms with E-state index in [-0.39, 0.29) is 5.82 Å². The van der Waals surface area contributed by atoms with Crippen molar-refractivity contribution in [3.05, 3.63) is 60.5 Å². The molecule has 0 atom stereocenters. The van der Waals surface area contributed by atoms with Crippen LogP contribution in [-0.4, -0.2) is 9.97 Å². The highest BCUT2D eigenvalue weighted by molar-refractivity contribution is 5.79. The van der Waals surface area contributed by atoms with E-state index >= 15 is 0 Å². The molecule has 0 amide bonds. The van der Waals surface area contributed by atoms with Crippen LogP contribution >= 0.6 is 0 Å². The van der Waals surface area contributed by atoms with Crippen molar-refractivity contribution in [2.45, 2.75) is 0 Å². The normalized spacial score (nSPS) is 10.6. The van der Waals surface area contributed by atoms with Crippen molar-refractivity contribution in [2.24, 2.45) is 0 Å². The van der Waals surface area contributed by atoms with Crippen LogP contribution in [-0.2, 0) is 0 Å². The molecule has 2 nitrogen and oxygen atoms in total. The van der Waals surface area contributed by atoms with Crippen molar-refractivity contribution < 1.29 is 4.39 Å². The van der Waals surface area contributed by atoms with Gasteiger partial charge < -0.3 is 0 Å². The predicted octanol–water partition coefficient (Wildman–Crippen LogP) is 3.44. The average Bonchev–Trinajstić information content (AvgIpc) is 2.39.